The molecule has 0 fully saturated rings. The third-order valence-corrected chi connectivity index (χ3v) is 5.96. The van der Waals surface area contributed by atoms with Crippen LogP contribution in [-0.2, 0) is 32.3 Å². The number of hydrogen-bond donors (Lipinski definition) is 2. The molecule has 8 heteroatoms. The van der Waals surface area contributed by atoms with E-state index in [0.29, 0.717) is 5.56 Å². The Morgan fingerprint density at radius 1 is 0.826 bits per heavy atom. The smallest absolute Gasteiger partial charge is 0.218 e. The Morgan fingerprint density at radius 2 is 1.39 bits per heavy atom. The monoisotopic (exact) mass is 354 g/mol. The molecule has 23 heavy (non-hydrogen) atoms. The standard InChI is InChI=1S/C15H18N2O4S2/c1-16-22(18,19)12-14-9-7-13(8-10-14)11-17-23(20,21)15-5-3-2-4-6-15/h2-10,16-17H,11-12H2,1H3. The maximum absolute atomic E-state index is 12.1. The Morgan fingerprint density at radius 3 is 1.96 bits per heavy atom. The molecule has 0 saturated carbocycles. The van der Waals surface area contributed by atoms with Crippen LogP contribution in [0.4, 0.5) is 0 Å². The Hall–Kier alpha value is -1.74. The lowest BCUT2D eigenvalue weighted by Crippen LogP contribution is -2.23. The van der Waals surface area contributed by atoms with Gasteiger partial charge in [-0.1, -0.05) is 42.5 Å². The van der Waals surface area contributed by atoms with Gasteiger partial charge in [0.05, 0.1) is 10.6 Å². The van der Waals surface area contributed by atoms with Gasteiger partial charge in [0.2, 0.25) is 20.0 Å². The van der Waals surface area contributed by atoms with Crippen molar-refractivity contribution >= 4 is 20.0 Å². The van der Waals surface area contributed by atoms with E-state index in [2.05, 4.69) is 9.44 Å². The first-order chi connectivity index (χ1) is 10.8. The summed E-state index contributed by atoms with van der Waals surface area (Å²) in [6.07, 6.45) is 0. The molecule has 2 aromatic carbocycles. The van der Waals surface area contributed by atoms with E-state index >= 15 is 0 Å². The summed E-state index contributed by atoms with van der Waals surface area (Å²) in [5.74, 6) is -0.112. The molecule has 0 aliphatic carbocycles. The van der Waals surface area contributed by atoms with Crippen molar-refractivity contribution in [3.8, 4) is 0 Å². The van der Waals surface area contributed by atoms with Gasteiger partial charge in [-0.05, 0) is 30.3 Å². The Balaban J connectivity index is 2.02. The summed E-state index contributed by atoms with van der Waals surface area (Å²) in [6, 6.07) is 14.8. The maximum atomic E-state index is 12.1. The number of benzene rings is 2. The van der Waals surface area contributed by atoms with Crippen LogP contribution in [-0.4, -0.2) is 23.9 Å². The molecule has 0 aliphatic heterocycles. The van der Waals surface area contributed by atoms with Crippen LogP contribution < -0.4 is 9.44 Å². The average Bonchev–Trinajstić information content (AvgIpc) is 2.55. The summed E-state index contributed by atoms with van der Waals surface area (Å²) in [5, 5.41) is 0. The molecule has 0 atom stereocenters. The fourth-order valence-electron chi connectivity index (χ4n) is 1.91. The molecule has 0 aliphatic rings. The highest BCUT2D eigenvalue weighted by Gasteiger charge is 2.13. The molecule has 0 saturated heterocycles. The summed E-state index contributed by atoms with van der Waals surface area (Å²) in [5.41, 5.74) is 1.38. The van der Waals surface area contributed by atoms with E-state index in [1.54, 1.807) is 42.5 Å². The molecule has 0 bridgehead atoms. The van der Waals surface area contributed by atoms with Gasteiger partial charge < -0.3 is 0 Å². The fourth-order valence-corrected chi connectivity index (χ4v) is 3.72. The first-order valence-corrected chi connectivity index (χ1v) is 10.00. The van der Waals surface area contributed by atoms with E-state index in [9.17, 15) is 16.8 Å². The molecule has 0 aromatic heterocycles. The quantitative estimate of drug-likeness (QED) is 0.782. The van der Waals surface area contributed by atoms with Gasteiger partial charge in [-0.25, -0.2) is 26.3 Å². The van der Waals surface area contributed by atoms with Crippen LogP contribution >= 0.6 is 0 Å². The van der Waals surface area contributed by atoms with Crippen molar-refractivity contribution in [2.75, 3.05) is 7.05 Å². The second-order valence-electron chi connectivity index (χ2n) is 4.92. The van der Waals surface area contributed by atoms with Crippen LogP contribution in [0.2, 0.25) is 0 Å². The molecule has 2 rings (SSSR count). The van der Waals surface area contributed by atoms with E-state index < -0.39 is 20.0 Å². The third kappa shape index (κ3) is 5.14. The molecule has 2 N–H and O–H groups in total. The van der Waals surface area contributed by atoms with Crippen molar-refractivity contribution in [1.29, 1.82) is 0 Å². The second-order valence-corrected chi connectivity index (χ2v) is 8.61. The largest absolute Gasteiger partial charge is 0.240 e. The van der Waals surface area contributed by atoms with Gasteiger partial charge in [-0.15, -0.1) is 0 Å². The van der Waals surface area contributed by atoms with Crippen LogP contribution in [0.15, 0.2) is 59.5 Å². The molecule has 0 heterocycles. The van der Waals surface area contributed by atoms with Crippen LogP contribution in [0, 0.1) is 0 Å². The number of nitrogens with one attached hydrogen (secondary N) is 2. The van der Waals surface area contributed by atoms with Gasteiger partial charge >= 0.3 is 0 Å². The minimum Gasteiger partial charge on any atom is -0.218 e. The van der Waals surface area contributed by atoms with E-state index in [-0.39, 0.29) is 17.2 Å². The molecule has 0 radical (unpaired) electrons. The molecule has 6 nitrogen and oxygen atoms in total. The first-order valence-electron chi connectivity index (χ1n) is 6.86. The average molecular weight is 354 g/mol. The highest BCUT2D eigenvalue weighted by molar-refractivity contribution is 7.89. The zero-order valence-corrected chi connectivity index (χ0v) is 14.2. The number of sulfonamides is 2. The predicted molar refractivity (Wildman–Crippen MR) is 88.6 cm³/mol. The van der Waals surface area contributed by atoms with Crippen LogP contribution in [0.5, 0.6) is 0 Å². The van der Waals surface area contributed by atoms with E-state index in [0.717, 1.165) is 5.56 Å². The van der Waals surface area contributed by atoms with Crippen molar-refractivity contribution < 1.29 is 16.8 Å². The van der Waals surface area contributed by atoms with Crippen molar-refractivity contribution in [2.24, 2.45) is 0 Å². The van der Waals surface area contributed by atoms with E-state index in [1.807, 2.05) is 0 Å². The summed E-state index contributed by atoms with van der Waals surface area (Å²) >= 11 is 0. The minimum absolute atomic E-state index is 0.112. The fraction of sp³-hybridized carbons (Fsp3) is 0.200. The lowest BCUT2D eigenvalue weighted by molar-refractivity contribution is 0.581. The highest BCUT2D eigenvalue weighted by atomic mass is 32.2. The second kappa shape index (κ2) is 7.22. The van der Waals surface area contributed by atoms with Crippen molar-refractivity contribution in [2.45, 2.75) is 17.2 Å². The van der Waals surface area contributed by atoms with Crippen LogP contribution in [0.25, 0.3) is 0 Å². The molecule has 0 spiro atoms. The zero-order chi connectivity index (χ0) is 16.9. The van der Waals surface area contributed by atoms with E-state index in [1.165, 1.54) is 19.2 Å². The van der Waals surface area contributed by atoms with Gasteiger partial charge in [0, 0.05) is 6.54 Å². The van der Waals surface area contributed by atoms with Gasteiger partial charge in [0.25, 0.3) is 0 Å². The molecular formula is C15H18N2O4S2. The van der Waals surface area contributed by atoms with E-state index in [4.69, 9.17) is 0 Å². The summed E-state index contributed by atoms with van der Waals surface area (Å²) < 4.78 is 51.9. The Bertz CT molecular complexity index is 846. The first kappa shape index (κ1) is 17.6. The Labute approximate surface area is 136 Å². The normalized spacial score (nSPS) is 12.2. The lowest BCUT2D eigenvalue weighted by atomic mass is 10.1. The van der Waals surface area contributed by atoms with Gasteiger partial charge in [0.1, 0.15) is 0 Å². The molecule has 0 unspecified atom stereocenters. The van der Waals surface area contributed by atoms with Crippen molar-refractivity contribution in [1.82, 2.24) is 9.44 Å². The van der Waals surface area contributed by atoms with Crippen LogP contribution in [0.3, 0.4) is 0 Å². The van der Waals surface area contributed by atoms with Crippen molar-refractivity contribution in [3.05, 3.63) is 65.7 Å². The van der Waals surface area contributed by atoms with Crippen molar-refractivity contribution in [3.63, 3.8) is 0 Å². The molecule has 124 valence electrons. The topological polar surface area (TPSA) is 92.3 Å². The summed E-state index contributed by atoms with van der Waals surface area (Å²) in [7, 11) is -5.51. The lowest BCUT2D eigenvalue weighted by Gasteiger charge is -2.08. The SMILES string of the molecule is CNS(=O)(=O)Cc1ccc(CNS(=O)(=O)c2ccccc2)cc1. The summed E-state index contributed by atoms with van der Waals surface area (Å²) in [4.78, 5) is 0.205. The molecule has 2 aromatic rings. The third-order valence-electron chi connectivity index (χ3n) is 3.21. The van der Waals surface area contributed by atoms with Gasteiger partial charge in [-0.3, -0.25) is 0 Å². The zero-order valence-electron chi connectivity index (χ0n) is 12.6. The number of rotatable bonds is 7. The highest BCUT2D eigenvalue weighted by Crippen LogP contribution is 2.10. The summed E-state index contributed by atoms with van der Waals surface area (Å²) in [6.45, 7) is 0.135. The van der Waals surface area contributed by atoms with Crippen LogP contribution in [0.1, 0.15) is 11.1 Å². The maximum Gasteiger partial charge on any atom is 0.240 e. The Kier molecular flexibility index (Phi) is 5.53. The predicted octanol–water partition coefficient (Wildman–Crippen LogP) is 1.21. The minimum atomic E-state index is -3.56. The molecule has 0 amide bonds. The molecular weight excluding hydrogens is 336 g/mol. The van der Waals surface area contributed by atoms with Gasteiger partial charge in [0.15, 0.2) is 0 Å². The number of hydrogen-bond acceptors (Lipinski definition) is 4. The van der Waals surface area contributed by atoms with Gasteiger partial charge in [-0.2, -0.15) is 0 Å².